The maximum absolute atomic E-state index is 13.0. The fourth-order valence-corrected chi connectivity index (χ4v) is 4.16. The van der Waals surface area contributed by atoms with E-state index in [2.05, 4.69) is 12.2 Å². The number of nitrogens with one attached hydrogen (secondary N) is 1. The van der Waals surface area contributed by atoms with Gasteiger partial charge in [-0.3, -0.25) is 14.4 Å². The number of likely N-dealkylation sites (tertiary alicyclic amines) is 1. The fraction of sp³-hybridized carbons (Fsp3) is 0.571. The number of thioether (sulfide) groups is 1. The van der Waals surface area contributed by atoms with Crippen LogP contribution in [0.25, 0.3) is 0 Å². The average molecular weight is 406 g/mol. The number of unbranched alkanes of at least 4 members (excludes halogenated alkanes) is 3. The lowest BCUT2D eigenvalue weighted by Gasteiger charge is -2.32. The third-order valence-electron chi connectivity index (χ3n) is 4.90. The Hall–Kier alpha value is -2.02. The summed E-state index contributed by atoms with van der Waals surface area (Å²) in [6.45, 7) is 3.95. The molecule has 7 heteroatoms. The largest absolute Gasteiger partial charge is 0.369 e. The van der Waals surface area contributed by atoms with E-state index in [1.54, 1.807) is 11.0 Å². The van der Waals surface area contributed by atoms with Crippen molar-refractivity contribution in [1.82, 2.24) is 10.2 Å². The summed E-state index contributed by atoms with van der Waals surface area (Å²) in [6.07, 6.45) is 6.12. The minimum atomic E-state index is -0.416. The third-order valence-corrected chi connectivity index (χ3v) is 5.99. The number of carbonyl (C=O) groups is 3. The minimum Gasteiger partial charge on any atom is -0.369 e. The van der Waals surface area contributed by atoms with Crippen molar-refractivity contribution in [3.8, 4) is 0 Å². The van der Waals surface area contributed by atoms with E-state index in [0.717, 1.165) is 30.6 Å². The van der Waals surface area contributed by atoms with E-state index >= 15 is 0 Å². The van der Waals surface area contributed by atoms with E-state index in [-0.39, 0.29) is 23.5 Å². The Kier molecular flexibility index (Phi) is 9.34. The summed E-state index contributed by atoms with van der Waals surface area (Å²) in [4.78, 5) is 39.1. The summed E-state index contributed by atoms with van der Waals surface area (Å²) >= 11 is 1.27. The van der Waals surface area contributed by atoms with Gasteiger partial charge in [0.15, 0.2) is 0 Å². The summed E-state index contributed by atoms with van der Waals surface area (Å²) in [6, 6.07) is 7.24. The number of rotatable bonds is 10. The van der Waals surface area contributed by atoms with E-state index in [1.165, 1.54) is 24.6 Å². The summed E-state index contributed by atoms with van der Waals surface area (Å²) in [5.41, 5.74) is 5.79. The number of nitrogens with zero attached hydrogens (tertiary/aromatic N) is 1. The van der Waals surface area contributed by atoms with Gasteiger partial charge in [0.25, 0.3) is 5.91 Å². The Morgan fingerprint density at radius 3 is 2.75 bits per heavy atom. The SMILES string of the molecule is CCCCCCNC(=O)[C@@H]1CCCN(C(=O)c2ccccc2SCC(N)=O)C1. The van der Waals surface area contributed by atoms with Gasteiger partial charge in [-0.1, -0.05) is 38.3 Å². The highest BCUT2D eigenvalue weighted by Gasteiger charge is 2.29. The number of piperidine rings is 1. The highest BCUT2D eigenvalue weighted by atomic mass is 32.2. The molecule has 1 aliphatic rings. The van der Waals surface area contributed by atoms with E-state index in [4.69, 9.17) is 5.73 Å². The predicted molar refractivity (Wildman–Crippen MR) is 112 cm³/mol. The standard InChI is InChI=1S/C21H31N3O3S/c1-2-3-4-7-12-23-20(26)16-9-8-13-24(14-16)21(27)17-10-5-6-11-18(17)28-15-19(22)25/h5-6,10-11,16H,2-4,7-9,12-15H2,1H3,(H2,22,25)(H,23,26)/t16-/m1/s1. The molecule has 0 radical (unpaired) electrons. The molecule has 3 N–H and O–H groups in total. The predicted octanol–water partition coefficient (Wildman–Crippen LogP) is 2.81. The molecule has 2 rings (SSSR count). The third kappa shape index (κ3) is 6.86. The molecule has 3 amide bonds. The van der Waals surface area contributed by atoms with Gasteiger partial charge in [-0.15, -0.1) is 11.8 Å². The number of carbonyl (C=O) groups excluding carboxylic acids is 3. The molecule has 1 aromatic rings. The van der Waals surface area contributed by atoms with Gasteiger partial charge in [-0.05, 0) is 31.4 Å². The molecule has 1 aliphatic heterocycles. The first kappa shape index (κ1) is 22.3. The maximum atomic E-state index is 13.0. The van der Waals surface area contributed by atoms with Gasteiger partial charge in [0.2, 0.25) is 11.8 Å². The van der Waals surface area contributed by atoms with Crippen molar-refractivity contribution in [2.45, 2.75) is 50.3 Å². The van der Waals surface area contributed by atoms with Crippen molar-refractivity contribution in [2.75, 3.05) is 25.4 Å². The lowest BCUT2D eigenvalue weighted by atomic mass is 9.96. The first-order valence-electron chi connectivity index (χ1n) is 10.1. The van der Waals surface area contributed by atoms with Gasteiger partial charge in [-0.25, -0.2) is 0 Å². The summed E-state index contributed by atoms with van der Waals surface area (Å²) in [7, 11) is 0. The Balaban J connectivity index is 1.93. The van der Waals surface area contributed by atoms with E-state index < -0.39 is 5.91 Å². The Labute approximate surface area is 171 Å². The first-order valence-corrected chi connectivity index (χ1v) is 11.1. The van der Waals surface area contributed by atoms with Gasteiger partial charge in [-0.2, -0.15) is 0 Å². The summed E-state index contributed by atoms with van der Waals surface area (Å²) in [5.74, 6) is -0.485. The molecule has 1 saturated heterocycles. The molecule has 0 unspecified atom stereocenters. The summed E-state index contributed by atoms with van der Waals surface area (Å²) < 4.78 is 0. The second kappa shape index (κ2) is 11.7. The molecule has 1 fully saturated rings. The van der Waals surface area contributed by atoms with Gasteiger partial charge in [0.1, 0.15) is 0 Å². The molecular formula is C21H31N3O3S. The van der Waals surface area contributed by atoms with Gasteiger partial charge in [0, 0.05) is 24.5 Å². The lowest BCUT2D eigenvalue weighted by Crippen LogP contribution is -2.45. The average Bonchev–Trinajstić information content (AvgIpc) is 2.71. The van der Waals surface area contributed by atoms with Gasteiger partial charge < -0.3 is 16.0 Å². The molecule has 6 nitrogen and oxygen atoms in total. The van der Waals surface area contributed by atoms with Crippen LogP contribution < -0.4 is 11.1 Å². The number of hydrogen-bond acceptors (Lipinski definition) is 4. The molecule has 0 spiro atoms. The monoisotopic (exact) mass is 405 g/mol. The smallest absolute Gasteiger partial charge is 0.255 e. The quantitative estimate of drug-likeness (QED) is 0.462. The van der Waals surface area contributed by atoms with E-state index in [0.29, 0.717) is 25.2 Å². The molecule has 1 aromatic carbocycles. The lowest BCUT2D eigenvalue weighted by molar-refractivity contribution is -0.126. The molecule has 1 atom stereocenters. The number of amides is 3. The zero-order chi connectivity index (χ0) is 20.4. The van der Waals surface area contributed by atoms with Crippen molar-refractivity contribution >= 4 is 29.5 Å². The van der Waals surface area contributed by atoms with Crippen LogP contribution in [0.3, 0.4) is 0 Å². The van der Waals surface area contributed by atoms with Crippen LogP contribution >= 0.6 is 11.8 Å². The minimum absolute atomic E-state index is 0.0467. The van der Waals surface area contributed by atoms with Crippen molar-refractivity contribution in [2.24, 2.45) is 11.7 Å². The van der Waals surface area contributed by atoms with Crippen LogP contribution in [0.1, 0.15) is 55.8 Å². The van der Waals surface area contributed by atoms with Crippen molar-refractivity contribution in [1.29, 1.82) is 0 Å². The van der Waals surface area contributed by atoms with Crippen LogP contribution in [0.2, 0.25) is 0 Å². The van der Waals surface area contributed by atoms with Gasteiger partial charge >= 0.3 is 0 Å². The molecular weight excluding hydrogens is 374 g/mol. The Morgan fingerprint density at radius 1 is 1.21 bits per heavy atom. The molecule has 0 aliphatic carbocycles. The zero-order valence-electron chi connectivity index (χ0n) is 16.6. The van der Waals surface area contributed by atoms with Crippen LogP contribution in [-0.2, 0) is 9.59 Å². The normalized spacial score (nSPS) is 16.6. The highest BCUT2D eigenvalue weighted by molar-refractivity contribution is 8.00. The summed E-state index contributed by atoms with van der Waals surface area (Å²) in [5, 5.41) is 3.02. The molecule has 0 aromatic heterocycles. The van der Waals surface area contributed by atoms with Crippen molar-refractivity contribution < 1.29 is 14.4 Å². The second-order valence-electron chi connectivity index (χ2n) is 7.19. The molecule has 0 saturated carbocycles. The number of hydrogen-bond donors (Lipinski definition) is 2. The fourth-order valence-electron chi connectivity index (χ4n) is 3.37. The molecule has 1 heterocycles. The molecule has 28 heavy (non-hydrogen) atoms. The topological polar surface area (TPSA) is 92.5 Å². The van der Waals surface area contributed by atoms with Crippen LogP contribution in [-0.4, -0.2) is 48.0 Å². The van der Waals surface area contributed by atoms with Crippen molar-refractivity contribution in [3.63, 3.8) is 0 Å². The Bertz CT molecular complexity index is 681. The van der Waals surface area contributed by atoms with E-state index in [9.17, 15) is 14.4 Å². The number of primary amides is 1. The second-order valence-corrected chi connectivity index (χ2v) is 8.21. The van der Waals surface area contributed by atoms with Crippen molar-refractivity contribution in [3.05, 3.63) is 29.8 Å². The van der Waals surface area contributed by atoms with Crippen LogP contribution in [0.15, 0.2) is 29.2 Å². The maximum Gasteiger partial charge on any atom is 0.255 e. The van der Waals surface area contributed by atoms with E-state index in [1.807, 2.05) is 18.2 Å². The Morgan fingerprint density at radius 2 is 2.00 bits per heavy atom. The van der Waals surface area contributed by atoms with Gasteiger partial charge in [0.05, 0.1) is 17.2 Å². The number of nitrogens with two attached hydrogens (primary N) is 1. The zero-order valence-corrected chi connectivity index (χ0v) is 17.4. The highest BCUT2D eigenvalue weighted by Crippen LogP contribution is 2.26. The number of benzene rings is 1. The first-order chi connectivity index (χ1) is 13.5. The van der Waals surface area contributed by atoms with Crippen LogP contribution in [0.5, 0.6) is 0 Å². The van der Waals surface area contributed by atoms with Crippen LogP contribution in [0.4, 0.5) is 0 Å². The molecule has 0 bridgehead atoms. The molecule has 154 valence electrons. The van der Waals surface area contributed by atoms with Crippen LogP contribution in [0, 0.1) is 5.92 Å².